The molecule has 0 aromatic rings. The molecule has 0 aliphatic carbocycles. The van der Waals surface area contributed by atoms with Crippen LogP contribution in [0, 0.1) is 48.9 Å². The van der Waals surface area contributed by atoms with Gasteiger partial charge in [-0.2, -0.15) is 18.1 Å². The summed E-state index contributed by atoms with van der Waals surface area (Å²) in [5.74, 6) is 0. The first-order chi connectivity index (χ1) is 8.15. The minimum atomic E-state index is 0. The molecule has 0 radical (unpaired) electrons. The van der Waals surface area contributed by atoms with E-state index in [2.05, 4.69) is 25.0 Å². The maximum atomic E-state index is 7.33. The molecule has 0 fully saturated rings. The molecule has 100 valence electrons. The van der Waals surface area contributed by atoms with Gasteiger partial charge in [-0.3, -0.25) is 0 Å². The zero-order valence-corrected chi connectivity index (χ0v) is 15.8. The Bertz CT molecular complexity index is 258. The topological polar surface area (TPSA) is 50.9 Å². The minimum absolute atomic E-state index is 0. The van der Waals surface area contributed by atoms with Gasteiger partial charge >= 0.3 is 31.1 Å². The standard InChI is InChI=1S/C8H12N3.C6H13.U/c1-11-4-2-3-7(6-11)8(10)5-9;1-3-5-6-4-2;/h3,9-10H,2,4,6H2,1H3;1,3-6H2,2H3;/q2*-1;+2. The zero-order chi connectivity index (χ0) is 13.1. The molecule has 0 aromatic carbocycles. The van der Waals surface area contributed by atoms with Crippen LogP contribution < -0.4 is 0 Å². The number of unbranched alkanes of at least 4 members (excludes halogenated alkanes) is 3. The molecule has 18 heavy (non-hydrogen) atoms. The van der Waals surface area contributed by atoms with Crippen LogP contribution in [0.15, 0.2) is 11.6 Å². The van der Waals surface area contributed by atoms with E-state index in [1.807, 2.05) is 13.1 Å². The average Bonchev–Trinajstić information content (AvgIpc) is 2.36. The van der Waals surface area contributed by atoms with Crippen molar-refractivity contribution >= 4 is 11.9 Å². The molecule has 3 nitrogen and oxygen atoms in total. The number of hydrogen-bond acceptors (Lipinski definition) is 3. The third kappa shape index (κ3) is 10.1. The number of nitrogens with zero attached hydrogens (tertiary/aromatic N) is 1. The summed E-state index contributed by atoms with van der Waals surface area (Å²) in [6.07, 6.45) is 10.2. The molecule has 4 heteroatoms. The van der Waals surface area contributed by atoms with E-state index in [9.17, 15) is 0 Å². The van der Waals surface area contributed by atoms with Crippen LogP contribution in [0.25, 0.3) is 0 Å². The molecule has 2 N–H and O–H groups in total. The summed E-state index contributed by atoms with van der Waals surface area (Å²) in [5, 5.41) is 14.1. The third-order valence-electron chi connectivity index (χ3n) is 2.64. The molecule has 0 amide bonds. The zero-order valence-electron chi connectivity index (χ0n) is 11.7. The maximum absolute atomic E-state index is 7.33. The van der Waals surface area contributed by atoms with Crippen molar-refractivity contribution in [3.8, 4) is 0 Å². The number of hydrogen-bond donors (Lipinski definition) is 2. The Labute approximate surface area is 136 Å². The van der Waals surface area contributed by atoms with Gasteiger partial charge in [0.1, 0.15) is 0 Å². The van der Waals surface area contributed by atoms with Gasteiger partial charge in [0.05, 0.1) is 0 Å². The third-order valence-corrected chi connectivity index (χ3v) is 2.64. The summed E-state index contributed by atoms with van der Waals surface area (Å²) in [4.78, 5) is 2.14. The number of likely N-dealkylation sites (N-methyl/N-ethyl adjacent to an activating group) is 1. The average molecular weight is 473 g/mol. The Kier molecular flexibility index (Phi) is 15.3. The van der Waals surface area contributed by atoms with Crippen molar-refractivity contribution in [3.63, 3.8) is 0 Å². The monoisotopic (exact) mass is 473 g/mol. The van der Waals surface area contributed by atoms with Gasteiger partial charge in [0.25, 0.3) is 0 Å². The van der Waals surface area contributed by atoms with Crippen LogP contribution in [0.4, 0.5) is 0 Å². The number of nitrogens with one attached hydrogen (secondary N) is 2. The molecule has 1 aliphatic rings. The quantitative estimate of drug-likeness (QED) is 0.360. The van der Waals surface area contributed by atoms with Crippen molar-refractivity contribution in [3.05, 3.63) is 18.6 Å². The van der Waals surface area contributed by atoms with E-state index in [-0.39, 0.29) is 36.8 Å². The molecule has 1 rings (SSSR count). The molecule has 0 bridgehead atoms. The summed E-state index contributed by atoms with van der Waals surface area (Å²) in [7, 11) is 2.02. The maximum Gasteiger partial charge on any atom is 2.00 e. The first-order valence-electron chi connectivity index (χ1n) is 6.34. The molecule has 0 unspecified atom stereocenters. The van der Waals surface area contributed by atoms with Gasteiger partial charge in [-0.1, -0.05) is 31.9 Å². The van der Waals surface area contributed by atoms with E-state index >= 15 is 0 Å². The summed E-state index contributed by atoms with van der Waals surface area (Å²) < 4.78 is 0. The fraction of sp³-hybridized carbons (Fsp3) is 0.643. The fourth-order valence-electron chi connectivity index (χ4n) is 1.58. The van der Waals surface area contributed by atoms with E-state index in [1.54, 1.807) is 0 Å². The van der Waals surface area contributed by atoms with E-state index in [0.717, 1.165) is 31.5 Å². The fourth-order valence-corrected chi connectivity index (χ4v) is 1.58. The SMILES string of the molecule is CN1CCC=C(C(=N)[C-]=N)C1.[CH2-]CCCCC.[U+2]. The second kappa shape index (κ2) is 13.5. The van der Waals surface area contributed by atoms with Crippen LogP contribution in [0.2, 0.25) is 0 Å². The molecule has 0 saturated heterocycles. The van der Waals surface area contributed by atoms with Crippen molar-refractivity contribution in [1.82, 2.24) is 4.90 Å². The molecule has 1 heterocycles. The molecule has 0 spiro atoms. The van der Waals surface area contributed by atoms with Crippen LogP contribution in [0.1, 0.15) is 39.0 Å². The predicted molar refractivity (Wildman–Crippen MR) is 75.1 cm³/mol. The van der Waals surface area contributed by atoms with Gasteiger partial charge in [0, 0.05) is 0 Å². The first-order valence-corrected chi connectivity index (χ1v) is 6.34. The van der Waals surface area contributed by atoms with Crippen LogP contribution >= 0.6 is 0 Å². The van der Waals surface area contributed by atoms with Crippen molar-refractivity contribution < 1.29 is 31.1 Å². The second-order valence-corrected chi connectivity index (χ2v) is 4.32. The van der Waals surface area contributed by atoms with E-state index in [0.29, 0.717) is 0 Å². The van der Waals surface area contributed by atoms with Gasteiger partial charge in [0.15, 0.2) is 0 Å². The van der Waals surface area contributed by atoms with E-state index in [1.165, 1.54) is 19.3 Å². The molecule has 0 saturated carbocycles. The summed E-state index contributed by atoms with van der Waals surface area (Å²) in [6, 6.07) is 0. The van der Waals surface area contributed by atoms with E-state index < -0.39 is 0 Å². The van der Waals surface area contributed by atoms with Gasteiger partial charge in [-0.15, -0.1) is 6.21 Å². The largest absolute Gasteiger partial charge is 2.00 e. The smallest absolute Gasteiger partial charge is 0.410 e. The summed E-state index contributed by atoms with van der Waals surface area (Å²) in [5.41, 5.74) is 1.14. The Morgan fingerprint density at radius 2 is 2.17 bits per heavy atom. The van der Waals surface area contributed by atoms with Crippen LogP contribution in [0.5, 0.6) is 0 Å². The van der Waals surface area contributed by atoms with Crippen molar-refractivity contribution in [1.29, 1.82) is 10.8 Å². The Hall–Kier alpha value is 0.0919. The predicted octanol–water partition coefficient (Wildman–Crippen LogP) is 3.20. The van der Waals surface area contributed by atoms with E-state index in [4.69, 9.17) is 10.8 Å². The van der Waals surface area contributed by atoms with Gasteiger partial charge in [0.2, 0.25) is 0 Å². The van der Waals surface area contributed by atoms with Crippen molar-refractivity contribution in [2.75, 3.05) is 20.1 Å². The molecule has 0 aromatic heterocycles. The van der Waals surface area contributed by atoms with Gasteiger partial charge in [-0.05, 0) is 26.6 Å². The van der Waals surface area contributed by atoms with Gasteiger partial charge < -0.3 is 22.6 Å². The minimum Gasteiger partial charge on any atom is -0.410 e. The summed E-state index contributed by atoms with van der Waals surface area (Å²) >= 11 is 0. The normalized spacial score (nSPS) is 14.7. The second-order valence-electron chi connectivity index (χ2n) is 4.32. The van der Waals surface area contributed by atoms with Crippen molar-refractivity contribution in [2.24, 2.45) is 0 Å². The van der Waals surface area contributed by atoms with Crippen LogP contribution in [0.3, 0.4) is 0 Å². The van der Waals surface area contributed by atoms with Crippen LogP contribution in [-0.2, 0) is 0 Å². The number of rotatable bonds is 5. The Balaban J connectivity index is 0. The first kappa shape index (κ1) is 20.4. The van der Waals surface area contributed by atoms with Gasteiger partial charge in [-0.25, -0.2) is 0 Å². The molecular weight excluding hydrogens is 448 g/mol. The van der Waals surface area contributed by atoms with Crippen molar-refractivity contribution in [2.45, 2.75) is 39.0 Å². The van der Waals surface area contributed by atoms with Crippen LogP contribution in [-0.4, -0.2) is 37.0 Å². The Morgan fingerprint density at radius 3 is 2.56 bits per heavy atom. The molecular formula is C14H25N3U. The molecule has 0 atom stereocenters. The Morgan fingerprint density at radius 1 is 1.50 bits per heavy atom. The molecule has 1 aliphatic heterocycles. The summed E-state index contributed by atoms with van der Waals surface area (Å²) in [6.45, 7) is 7.76.